The molecule has 0 atom stereocenters. The number of benzene rings is 1. The average Bonchev–Trinajstić information content (AvgIpc) is 3.06. The molecule has 0 spiro atoms. The van der Waals surface area contributed by atoms with E-state index < -0.39 is 0 Å². The Hall–Kier alpha value is -2.37. The quantitative estimate of drug-likeness (QED) is 0.606. The largest absolute Gasteiger partial charge is 0.357 e. The zero-order chi connectivity index (χ0) is 17.4. The second-order valence-corrected chi connectivity index (χ2v) is 6.32. The second kappa shape index (κ2) is 8.47. The van der Waals surface area contributed by atoms with E-state index in [-0.39, 0.29) is 11.2 Å². The first kappa shape index (κ1) is 18.0. The number of hydrogen-bond donors (Lipinski definition) is 2. The lowest BCUT2D eigenvalue weighted by Gasteiger charge is -2.24. The van der Waals surface area contributed by atoms with Gasteiger partial charge in [-0.2, -0.15) is 0 Å². The van der Waals surface area contributed by atoms with Crippen molar-refractivity contribution in [3.8, 4) is 0 Å². The van der Waals surface area contributed by atoms with Crippen LogP contribution in [0.1, 0.15) is 26.3 Å². The van der Waals surface area contributed by atoms with E-state index in [0.29, 0.717) is 6.54 Å². The zero-order valence-corrected chi connectivity index (χ0v) is 14.6. The van der Waals surface area contributed by atoms with Crippen LogP contribution in [0.15, 0.2) is 48.0 Å². The van der Waals surface area contributed by atoms with Crippen LogP contribution in [0.2, 0.25) is 0 Å². The van der Waals surface area contributed by atoms with Gasteiger partial charge in [0.1, 0.15) is 5.82 Å². The van der Waals surface area contributed by atoms with Crippen molar-refractivity contribution in [2.75, 3.05) is 19.6 Å². The summed E-state index contributed by atoms with van der Waals surface area (Å²) in [6.07, 6.45) is 5.48. The first-order valence-corrected chi connectivity index (χ1v) is 8.25. The van der Waals surface area contributed by atoms with Crippen LogP contribution in [0.5, 0.6) is 0 Å². The average molecular weight is 331 g/mol. The molecule has 0 aliphatic carbocycles. The van der Waals surface area contributed by atoms with Crippen molar-refractivity contribution in [3.63, 3.8) is 0 Å². The molecule has 0 saturated carbocycles. The number of aliphatic imine (C=N–C) groups is 1. The second-order valence-electron chi connectivity index (χ2n) is 6.32. The monoisotopic (exact) mass is 331 g/mol. The van der Waals surface area contributed by atoms with Crippen molar-refractivity contribution in [1.29, 1.82) is 0 Å². The number of nitrogens with one attached hydrogen (secondary N) is 2. The van der Waals surface area contributed by atoms with Crippen molar-refractivity contribution in [3.05, 3.63) is 54.4 Å². The van der Waals surface area contributed by atoms with Crippen LogP contribution < -0.4 is 10.6 Å². The molecule has 130 valence electrons. The van der Waals surface area contributed by atoms with E-state index in [4.69, 9.17) is 0 Å². The number of hydrogen-bond acceptors (Lipinski definition) is 2. The summed E-state index contributed by atoms with van der Waals surface area (Å²) in [5, 5.41) is 6.55. The van der Waals surface area contributed by atoms with Crippen molar-refractivity contribution in [2.24, 2.45) is 4.99 Å². The molecule has 0 saturated heterocycles. The van der Waals surface area contributed by atoms with Crippen molar-refractivity contribution in [2.45, 2.75) is 32.7 Å². The maximum absolute atomic E-state index is 13.5. The number of halogens is 1. The number of rotatable bonds is 7. The van der Waals surface area contributed by atoms with Crippen LogP contribution >= 0.6 is 0 Å². The molecule has 2 N–H and O–H groups in total. The number of imidazole rings is 1. The molecule has 0 fully saturated rings. The Balaban J connectivity index is 1.95. The smallest absolute Gasteiger partial charge is 0.191 e. The van der Waals surface area contributed by atoms with Gasteiger partial charge in [0.15, 0.2) is 5.96 Å². The van der Waals surface area contributed by atoms with Gasteiger partial charge in [-0.3, -0.25) is 4.99 Å². The third-order valence-corrected chi connectivity index (χ3v) is 3.80. The highest BCUT2D eigenvalue weighted by Gasteiger charge is 2.21. The van der Waals surface area contributed by atoms with E-state index in [1.165, 1.54) is 6.07 Å². The Morgan fingerprint density at radius 2 is 2.17 bits per heavy atom. The van der Waals surface area contributed by atoms with Gasteiger partial charge in [-0.05, 0) is 24.6 Å². The first-order chi connectivity index (χ1) is 11.5. The number of guanidine groups is 1. The minimum Gasteiger partial charge on any atom is -0.357 e. The predicted molar refractivity (Wildman–Crippen MR) is 95.6 cm³/mol. The fourth-order valence-electron chi connectivity index (χ4n) is 2.34. The minimum absolute atomic E-state index is 0.213. The molecule has 0 unspecified atom stereocenters. The molecule has 0 radical (unpaired) electrons. The lowest BCUT2D eigenvalue weighted by Crippen LogP contribution is -2.39. The molecule has 0 aliphatic rings. The maximum Gasteiger partial charge on any atom is 0.191 e. The van der Waals surface area contributed by atoms with Gasteiger partial charge in [0.2, 0.25) is 0 Å². The van der Waals surface area contributed by atoms with Gasteiger partial charge < -0.3 is 15.2 Å². The molecule has 2 rings (SSSR count). The summed E-state index contributed by atoms with van der Waals surface area (Å²) in [5.41, 5.74) is 0.704. The molecule has 1 aromatic carbocycles. The molecule has 2 aromatic rings. The van der Waals surface area contributed by atoms with Gasteiger partial charge in [0.25, 0.3) is 0 Å². The number of nitrogens with zero attached hydrogens (tertiary/aromatic N) is 3. The predicted octanol–water partition coefficient (Wildman–Crippen LogP) is 2.56. The fourth-order valence-corrected chi connectivity index (χ4v) is 2.34. The Morgan fingerprint density at radius 1 is 1.33 bits per heavy atom. The van der Waals surface area contributed by atoms with Gasteiger partial charge >= 0.3 is 0 Å². The third kappa shape index (κ3) is 5.37. The summed E-state index contributed by atoms with van der Waals surface area (Å²) in [5.74, 6) is 0.553. The number of aromatic nitrogens is 2. The Labute approximate surface area is 143 Å². The van der Waals surface area contributed by atoms with Gasteiger partial charge in [-0.15, -0.1) is 0 Å². The first-order valence-electron chi connectivity index (χ1n) is 8.25. The van der Waals surface area contributed by atoms with Gasteiger partial charge in [0.05, 0.1) is 12.9 Å². The molecule has 1 aromatic heterocycles. The summed E-state index contributed by atoms with van der Waals surface area (Å²) in [4.78, 5) is 8.68. The normalized spacial score (nSPS) is 12.2. The van der Waals surface area contributed by atoms with E-state index in [0.717, 1.165) is 31.2 Å². The zero-order valence-electron chi connectivity index (χ0n) is 14.6. The van der Waals surface area contributed by atoms with Crippen LogP contribution in [0.4, 0.5) is 4.39 Å². The standard InChI is InChI=1S/C18H26FN5/c1-4-21-17(22-9-11-24-10-8-20-14-24)23-13-18(2,3)15-6-5-7-16(19)12-15/h5-8,10,12,14H,4,9,11,13H2,1-3H3,(H2,21,22,23). The van der Waals surface area contributed by atoms with Crippen LogP contribution in [0.3, 0.4) is 0 Å². The SMILES string of the molecule is CCNC(=NCC(C)(C)c1cccc(F)c1)NCCn1ccnc1. The highest BCUT2D eigenvalue weighted by atomic mass is 19.1. The van der Waals surface area contributed by atoms with E-state index in [1.807, 2.05) is 23.8 Å². The van der Waals surface area contributed by atoms with Crippen LogP contribution in [-0.4, -0.2) is 35.1 Å². The van der Waals surface area contributed by atoms with Crippen LogP contribution in [0, 0.1) is 5.82 Å². The Bertz CT molecular complexity index is 649. The Morgan fingerprint density at radius 3 is 2.83 bits per heavy atom. The Kier molecular flexibility index (Phi) is 6.35. The lowest BCUT2D eigenvalue weighted by atomic mass is 9.85. The molecule has 6 heteroatoms. The van der Waals surface area contributed by atoms with Gasteiger partial charge in [-0.1, -0.05) is 26.0 Å². The topological polar surface area (TPSA) is 54.2 Å². The molecule has 0 amide bonds. The molecular weight excluding hydrogens is 305 g/mol. The molecular formula is C18H26FN5. The van der Waals surface area contributed by atoms with Gasteiger partial charge in [0, 0.05) is 37.4 Å². The van der Waals surface area contributed by atoms with Crippen molar-refractivity contribution in [1.82, 2.24) is 20.2 Å². The maximum atomic E-state index is 13.5. The van der Waals surface area contributed by atoms with E-state index >= 15 is 0 Å². The van der Waals surface area contributed by atoms with E-state index in [1.54, 1.807) is 24.7 Å². The summed E-state index contributed by atoms with van der Waals surface area (Å²) in [6, 6.07) is 6.72. The van der Waals surface area contributed by atoms with E-state index in [2.05, 4.69) is 34.5 Å². The van der Waals surface area contributed by atoms with Crippen LogP contribution in [0.25, 0.3) is 0 Å². The highest BCUT2D eigenvalue weighted by molar-refractivity contribution is 5.79. The molecule has 1 heterocycles. The summed E-state index contributed by atoms with van der Waals surface area (Å²) in [6.45, 7) is 9.10. The molecule has 5 nitrogen and oxygen atoms in total. The third-order valence-electron chi connectivity index (χ3n) is 3.80. The summed E-state index contributed by atoms with van der Waals surface area (Å²) >= 11 is 0. The van der Waals surface area contributed by atoms with Crippen LogP contribution in [-0.2, 0) is 12.0 Å². The minimum atomic E-state index is -0.241. The van der Waals surface area contributed by atoms with Crippen molar-refractivity contribution >= 4 is 5.96 Å². The van der Waals surface area contributed by atoms with E-state index in [9.17, 15) is 4.39 Å². The highest BCUT2D eigenvalue weighted by Crippen LogP contribution is 2.24. The van der Waals surface area contributed by atoms with Crippen molar-refractivity contribution < 1.29 is 4.39 Å². The lowest BCUT2D eigenvalue weighted by molar-refractivity contribution is 0.528. The molecule has 0 aliphatic heterocycles. The van der Waals surface area contributed by atoms with Gasteiger partial charge in [-0.25, -0.2) is 9.37 Å². The summed E-state index contributed by atoms with van der Waals surface area (Å²) in [7, 11) is 0. The molecule has 24 heavy (non-hydrogen) atoms. The molecule has 0 bridgehead atoms. The summed E-state index contributed by atoms with van der Waals surface area (Å²) < 4.78 is 15.5. The fraction of sp³-hybridized carbons (Fsp3) is 0.444.